The third-order valence-electron chi connectivity index (χ3n) is 5.10. The van der Waals surface area contributed by atoms with Gasteiger partial charge in [0.1, 0.15) is 12.4 Å². The molecule has 2 N–H and O–H groups in total. The molecule has 6 heteroatoms. The van der Waals surface area contributed by atoms with Gasteiger partial charge < -0.3 is 15.2 Å². The molecule has 0 aromatic heterocycles. The number of carbonyl (C=O) groups is 2. The number of hydrogen-bond acceptors (Lipinski definition) is 3. The highest BCUT2D eigenvalue weighted by atomic mass is 19.1. The molecular weight excluding hydrogens is 397 g/mol. The Bertz CT molecular complexity index is 1180. The van der Waals surface area contributed by atoms with Crippen LogP contribution in [0.4, 0.5) is 9.18 Å². The first kappa shape index (κ1) is 20.2. The van der Waals surface area contributed by atoms with E-state index in [4.69, 9.17) is 9.84 Å². The maximum atomic E-state index is 13.9. The van der Waals surface area contributed by atoms with E-state index in [1.54, 1.807) is 0 Å². The predicted molar refractivity (Wildman–Crippen MR) is 113 cm³/mol. The summed E-state index contributed by atoms with van der Waals surface area (Å²) in [4.78, 5) is 22.9. The number of carbonyl (C=O) groups excluding carboxylic acids is 1. The van der Waals surface area contributed by atoms with Crippen molar-refractivity contribution in [3.63, 3.8) is 0 Å². The zero-order chi connectivity index (χ0) is 21.8. The fraction of sp³-hybridized carbons (Fsp3) is 0.120. The van der Waals surface area contributed by atoms with Crippen LogP contribution in [0.1, 0.15) is 33.0 Å². The molecule has 0 fully saturated rings. The largest absolute Gasteiger partial charge is 0.478 e. The average molecular weight is 415 g/mol. The van der Waals surface area contributed by atoms with Crippen LogP contribution < -0.4 is 5.32 Å². The minimum Gasteiger partial charge on any atom is -0.478 e. The molecule has 0 saturated carbocycles. The van der Waals surface area contributed by atoms with Crippen LogP contribution in [0.25, 0.3) is 11.1 Å². The van der Waals surface area contributed by atoms with E-state index in [1.807, 2.05) is 36.4 Å². The van der Waals surface area contributed by atoms with Gasteiger partial charge in [-0.3, -0.25) is 0 Å². The molecule has 0 spiro atoms. The Kier molecular flexibility index (Phi) is 5.67. The third kappa shape index (κ3) is 4.26. The van der Waals surface area contributed by atoms with E-state index in [-0.39, 0.29) is 30.2 Å². The van der Waals surface area contributed by atoms with E-state index in [0.29, 0.717) is 0 Å². The SMILES string of the molecule is O=C(NCC#Cc1ccc(C(=O)O)cc1F)OCC1c2ccccc2-c2ccccc21. The van der Waals surface area contributed by atoms with Gasteiger partial charge in [0, 0.05) is 5.92 Å². The van der Waals surface area contributed by atoms with Crippen LogP contribution in [0.3, 0.4) is 0 Å². The van der Waals surface area contributed by atoms with Crippen molar-refractivity contribution in [1.82, 2.24) is 5.32 Å². The molecule has 5 nitrogen and oxygen atoms in total. The van der Waals surface area contributed by atoms with Crippen LogP contribution in [0.5, 0.6) is 0 Å². The lowest BCUT2D eigenvalue weighted by atomic mass is 9.98. The summed E-state index contributed by atoms with van der Waals surface area (Å²) in [5.74, 6) is 3.22. The number of aromatic carboxylic acids is 1. The van der Waals surface area contributed by atoms with Crippen molar-refractivity contribution in [2.75, 3.05) is 13.2 Å². The van der Waals surface area contributed by atoms with Crippen molar-refractivity contribution in [2.45, 2.75) is 5.92 Å². The highest BCUT2D eigenvalue weighted by Crippen LogP contribution is 2.44. The number of ether oxygens (including phenoxy) is 1. The van der Waals surface area contributed by atoms with Crippen molar-refractivity contribution >= 4 is 12.1 Å². The highest BCUT2D eigenvalue weighted by molar-refractivity contribution is 5.87. The fourth-order valence-corrected chi connectivity index (χ4v) is 3.65. The fourth-order valence-electron chi connectivity index (χ4n) is 3.65. The van der Waals surface area contributed by atoms with Gasteiger partial charge in [-0.05, 0) is 40.5 Å². The van der Waals surface area contributed by atoms with Gasteiger partial charge in [-0.2, -0.15) is 0 Å². The second kappa shape index (κ2) is 8.72. The lowest BCUT2D eigenvalue weighted by Crippen LogP contribution is -2.26. The van der Waals surface area contributed by atoms with E-state index in [1.165, 1.54) is 12.1 Å². The number of fused-ring (bicyclic) bond motifs is 3. The van der Waals surface area contributed by atoms with Crippen molar-refractivity contribution in [2.24, 2.45) is 0 Å². The van der Waals surface area contributed by atoms with E-state index in [9.17, 15) is 14.0 Å². The molecule has 31 heavy (non-hydrogen) atoms. The van der Waals surface area contributed by atoms with Gasteiger partial charge >= 0.3 is 12.1 Å². The van der Waals surface area contributed by atoms with Crippen LogP contribution in [-0.2, 0) is 4.74 Å². The van der Waals surface area contributed by atoms with E-state index >= 15 is 0 Å². The summed E-state index contributed by atoms with van der Waals surface area (Å²) in [6.45, 7) is 0.162. The molecule has 3 aromatic rings. The molecule has 1 amide bonds. The Balaban J connectivity index is 1.34. The molecule has 1 aliphatic carbocycles. The minimum absolute atomic E-state index is 0.0310. The van der Waals surface area contributed by atoms with Crippen LogP contribution in [-0.4, -0.2) is 30.3 Å². The summed E-state index contributed by atoms with van der Waals surface area (Å²) in [5.41, 5.74) is 4.44. The number of nitrogens with one attached hydrogen (secondary N) is 1. The summed E-state index contributed by atoms with van der Waals surface area (Å²) in [5, 5.41) is 11.4. The number of carboxylic acids is 1. The van der Waals surface area contributed by atoms with Crippen LogP contribution in [0, 0.1) is 17.7 Å². The summed E-state index contributed by atoms with van der Waals surface area (Å²) in [7, 11) is 0. The van der Waals surface area contributed by atoms with Gasteiger partial charge in [-0.25, -0.2) is 14.0 Å². The molecule has 1 aliphatic rings. The molecular formula is C25H18FNO4. The summed E-state index contributed by atoms with van der Waals surface area (Å²) in [6, 6.07) is 19.6. The highest BCUT2D eigenvalue weighted by Gasteiger charge is 2.28. The van der Waals surface area contributed by atoms with Gasteiger partial charge in [0.25, 0.3) is 0 Å². The monoisotopic (exact) mass is 415 g/mol. The van der Waals surface area contributed by atoms with Gasteiger partial charge in [0.15, 0.2) is 0 Å². The van der Waals surface area contributed by atoms with E-state index in [0.717, 1.165) is 28.3 Å². The quantitative estimate of drug-likeness (QED) is 0.619. The Morgan fingerprint density at radius 2 is 1.65 bits per heavy atom. The number of rotatable bonds is 4. The molecule has 0 heterocycles. The molecule has 0 bridgehead atoms. The Morgan fingerprint density at radius 3 is 2.26 bits per heavy atom. The standard InChI is InChI=1S/C25H18FNO4/c26-23-14-17(24(28)29)12-11-16(23)6-5-13-27-25(30)31-15-22-20-9-3-1-7-18(20)19-8-2-4-10-21(19)22/h1-4,7-12,14,22H,13,15H2,(H,27,30)(H,28,29). The predicted octanol–water partition coefficient (Wildman–Crippen LogP) is 4.41. The van der Waals surface area contributed by atoms with Crippen molar-refractivity contribution in [1.29, 1.82) is 0 Å². The van der Waals surface area contributed by atoms with Gasteiger partial charge in [0.05, 0.1) is 17.7 Å². The summed E-state index contributed by atoms with van der Waals surface area (Å²) in [6.07, 6.45) is -0.613. The van der Waals surface area contributed by atoms with Gasteiger partial charge in [0.2, 0.25) is 0 Å². The lowest BCUT2D eigenvalue weighted by Gasteiger charge is -2.14. The number of carboxylic acid groups (broad SMARTS) is 1. The van der Waals surface area contributed by atoms with E-state index in [2.05, 4.69) is 29.3 Å². The van der Waals surface area contributed by atoms with Crippen molar-refractivity contribution < 1.29 is 23.8 Å². The maximum Gasteiger partial charge on any atom is 0.407 e. The second-order valence-electron chi connectivity index (χ2n) is 6.98. The Morgan fingerprint density at radius 1 is 1.00 bits per heavy atom. The number of hydrogen-bond donors (Lipinski definition) is 2. The van der Waals surface area contributed by atoms with Crippen molar-refractivity contribution in [3.05, 3.63) is 94.8 Å². The zero-order valence-corrected chi connectivity index (χ0v) is 16.4. The number of amides is 1. The molecule has 0 aliphatic heterocycles. The summed E-state index contributed by atoms with van der Waals surface area (Å²) >= 11 is 0. The minimum atomic E-state index is -1.21. The smallest absolute Gasteiger partial charge is 0.407 e. The van der Waals surface area contributed by atoms with Crippen LogP contribution in [0.15, 0.2) is 66.7 Å². The molecule has 4 rings (SSSR count). The Hall–Kier alpha value is -4.11. The number of halogens is 1. The molecule has 0 unspecified atom stereocenters. The van der Waals surface area contributed by atoms with E-state index < -0.39 is 17.9 Å². The van der Waals surface area contributed by atoms with Crippen molar-refractivity contribution in [3.8, 4) is 23.0 Å². The molecule has 0 atom stereocenters. The topological polar surface area (TPSA) is 75.6 Å². The number of alkyl carbamates (subject to hydrolysis) is 1. The molecule has 0 radical (unpaired) electrons. The van der Waals surface area contributed by atoms with Gasteiger partial charge in [-0.15, -0.1) is 0 Å². The number of benzene rings is 3. The van der Waals surface area contributed by atoms with Crippen LogP contribution in [0.2, 0.25) is 0 Å². The normalized spacial score (nSPS) is 11.6. The van der Waals surface area contributed by atoms with Crippen LogP contribution >= 0.6 is 0 Å². The maximum absolute atomic E-state index is 13.9. The first-order valence-corrected chi connectivity index (χ1v) is 9.65. The lowest BCUT2D eigenvalue weighted by molar-refractivity contribution is 0.0696. The second-order valence-corrected chi connectivity index (χ2v) is 6.98. The first-order valence-electron chi connectivity index (χ1n) is 9.65. The Labute approximate surface area is 178 Å². The zero-order valence-electron chi connectivity index (χ0n) is 16.4. The first-order chi connectivity index (χ1) is 15.0. The molecule has 0 saturated heterocycles. The van der Waals surface area contributed by atoms with Gasteiger partial charge in [-0.1, -0.05) is 60.4 Å². The average Bonchev–Trinajstić information content (AvgIpc) is 3.10. The molecule has 3 aromatic carbocycles. The third-order valence-corrected chi connectivity index (χ3v) is 5.10. The summed E-state index contributed by atoms with van der Waals surface area (Å²) < 4.78 is 19.3. The molecule has 154 valence electrons.